The van der Waals surface area contributed by atoms with Gasteiger partial charge in [-0.05, 0) is 32.3 Å². The maximum atomic E-state index is 10.6. The van der Waals surface area contributed by atoms with Gasteiger partial charge in [-0.1, -0.05) is 30.3 Å². The molecule has 0 spiro atoms. The Morgan fingerprint density at radius 2 is 2.00 bits per heavy atom. The van der Waals surface area contributed by atoms with Crippen LogP contribution in [0.2, 0.25) is 0 Å². The van der Waals surface area contributed by atoms with Crippen molar-refractivity contribution >= 4 is 29.9 Å². The summed E-state index contributed by atoms with van der Waals surface area (Å²) in [5.74, 6) is 0.691. The number of aryl methyl sites for hydroxylation is 1. The highest BCUT2D eigenvalue weighted by Gasteiger charge is 2.24. The highest BCUT2D eigenvalue weighted by Crippen LogP contribution is 2.19. The molecule has 1 aromatic carbocycles. The molecule has 1 atom stereocenters. The molecule has 0 saturated heterocycles. The first-order valence-corrected chi connectivity index (χ1v) is 9.86. The van der Waals surface area contributed by atoms with Crippen LogP contribution in [0, 0.1) is 0 Å². The van der Waals surface area contributed by atoms with Crippen molar-refractivity contribution < 1.29 is 9.84 Å². The Morgan fingerprint density at radius 3 is 2.66 bits per heavy atom. The minimum absolute atomic E-state index is 0. The fourth-order valence-electron chi connectivity index (χ4n) is 2.68. The van der Waals surface area contributed by atoms with Crippen molar-refractivity contribution in [3.63, 3.8) is 0 Å². The van der Waals surface area contributed by atoms with Crippen molar-refractivity contribution in [2.24, 2.45) is 12.0 Å². The van der Waals surface area contributed by atoms with Crippen LogP contribution in [-0.4, -0.2) is 53.7 Å². The van der Waals surface area contributed by atoms with E-state index in [0.717, 1.165) is 38.1 Å². The molecule has 0 aliphatic carbocycles. The SMILES string of the molecule is CCNC(=NCC(C)(O)c1cnn(C)c1)NCCCOCCc1ccccc1.I. The fraction of sp³-hybridized carbons (Fsp3) is 0.524. The number of ether oxygens (including phenoxy) is 1. The van der Waals surface area contributed by atoms with Crippen molar-refractivity contribution in [2.75, 3.05) is 32.8 Å². The number of nitrogens with zero attached hydrogens (tertiary/aromatic N) is 3. The van der Waals surface area contributed by atoms with E-state index in [4.69, 9.17) is 4.74 Å². The standard InChI is InChI=1S/C21H33N5O2.HI/c1-4-22-20(24-17-21(2,27)19-15-25-26(3)16-19)23-12-8-13-28-14-11-18-9-6-5-7-10-18;/h5-7,9-10,15-16,27H,4,8,11-14,17H2,1-3H3,(H2,22,23,24);1H. The van der Waals surface area contributed by atoms with Gasteiger partial charge in [-0.15, -0.1) is 24.0 Å². The van der Waals surface area contributed by atoms with E-state index in [1.54, 1.807) is 17.8 Å². The van der Waals surface area contributed by atoms with Crippen LogP contribution in [0.5, 0.6) is 0 Å². The van der Waals surface area contributed by atoms with E-state index in [-0.39, 0.29) is 30.5 Å². The van der Waals surface area contributed by atoms with Crippen LogP contribution in [0.25, 0.3) is 0 Å². The van der Waals surface area contributed by atoms with E-state index < -0.39 is 5.60 Å². The van der Waals surface area contributed by atoms with E-state index in [1.807, 2.05) is 38.4 Å². The molecule has 8 heteroatoms. The highest BCUT2D eigenvalue weighted by atomic mass is 127. The van der Waals surface area contributed by atoms with Gasteiger partial charge in [0.15, 0.2) is 5.96 Å². The predicted octanol–water partition coefficient (Wildman–Crippen LogP) is 2.45. The third-order valence-corrected chi connectivity index (χ3v) is 4.35. The molecule has 29 heavy (non-hydrogen) atoms. The quantitative estimate of drug-likeness (QED) is 0.185. The zero-order valence-electron chi connectivity index (χ0n) is 17.6. The van der Waals surface area contributed by atoms with Crippen molar-refractivity contribution in [1.82, 2.24) is 20.4 Å². The summed E-state index contributed by atoms with van der Waals surface area (Å²) in [5.41, 5.74) is 0.987. The van der Waals surface area contributed by atoms with E-state index in [0.29, 0.717) is 12.6 Å². The summed E-state index contributed by atoms with van der Waals surface area (Å²) in [5, 5.41) is 21.2. The summed E-state index contributed by atoms with van der Waals surface area (Å²) in [6.45, 7) is 6.96. The van der Waals surface area contributed by atoms with Crippen LogP contribution in [0.1, 0.15) is 31.4 Å². The fourth-order valence-corrected chi connectivity index (χ4v) is 2.68. The largest absolute Gasteiger partial charge is 0.383 e. The minimum atomic E-state index is -1.06. The summed E-state index contributed by atoms with van der Waals surface area (Å²) in [6, 6.07) is 10.4. The molecule has 0 amide bonds. The molecule has 1 heterocycles. The molecule has 2 aromatic rings. The first kappa shape index (κ1) is 25.4. The molecule has 1 aromatic heterocycles. The van der Waals surface area contributed by atoms with Gasteiger partial charge >= 0.3 is 0 Å². The smallest absolute Gasteiger partial charge is 0.191 e. The number of rotatable bonds is 11. The molecule has 3 N–H and O–H groups in total. The Balaban J connectivity index is 0.00000420. The lowest BCUT2D eigenvalue weighted by Gasteiger charge is -2.20. The summed E-state index contributed by atoms with van der Waals surface area (Å²) < 4.78 is 7.38. The van der Waals surface area contributed by atoms with Crippen LogP contribution in [-0.2, 0) is 23.8 Å². The summed E-state index contributed by atoms with van der Waals surface area (Å²) in [7, 11) is 1.83. The van der Waals surface area contributed by atoms with Crippen molar-refractivity contribution in [2.45, 2.75) is 32.3 Å². The van der Waals surface area contributed by atoms with Crippen LogP contribution < -0.4 is 10.6 Å². The Hall–Kier alpha value is -1.65. The second-order valence-electron chi connectivity index (χ2n) is 7.00. The van der Waals surface area contributed by atoms with Gasteiger partial charge in [-0.2, -0.15) is 5.10 Å². The predicted molar refractivity (Wildman–Crippen MR) is 128 cm³/mol. The van der Waals surface area contributed by atoms with Gasteiger partial charge in [-0.3, -0.25) is 4.68 Å². The number of halogens is 1. The zero-order chi connectivity index (χ0) is 20.2. The topological polar surface area (TPSA) is 83.7 Å². The summed E-state index contributed by atoms with van der Waals surface area (Å²) in [4.78, 5) is 4.51. The number of nitrogens with one attached hydrogen (secondary N) is 2. The molecular formula is C21H34IN5O2. The maximum Gasteiger partial charge on any atom is 0.191 e. The van der Waals surface area contributed by atoms with Gasteiger partial charge in [0, 0.05) is 38.5 Å². The first-order chi connectivity index (χ1) is 13.5. The number of aliphatic imine (C=N–C) groups is 1. The van der Waals surface area contributed by atoms with E-state index >= 15 is 0 Å². The van der Waals surface area contributed by atoms with Gasteiger partial charge in [0.1, 0.15) is 5.60 Å². The second-order valence-corrected chi connectivity index (χ2v) is 7.00. The second kappa shape index (κ2) is 13.6. The molecule has 7 nitrogen and oxygen atoms in total. The van der Waals surface area contributed by atoms with Crippen LogP contribution in [0.3, 0.4) is 0 Å². The molecular weight excluding hydrogens is 481 g/mol. The third-order valence-electron chi connectivity index (χ3n) is 4.35. The first-order valence-electron chi connectivity index (χ1n) is 9.86. The Morgan fingerprint density at radius 1 is 1.24 bits per heavy atom. The molecule has 1 unspecified atom stereocenters. The lowest BCUT2D eigenvalue weighted by atomic mass is 10.0. The van der Waals surface area contributed by atoms with Gasteiger partial charge in [0.05, 0.1) is 19.3 Å². The Labute approximate surface area is 191 Å². The molecule has 0 fully saturated rings. The number of hydrogen-bond acceptors (Lipinski definition) is 4. The lowest BCUT2D eigenvalue weighted by molar-refractivity contribution is 0.0671. The molecule has 0 aliphatic rings. The van der Waals surface area contributed by atoms with Gasteiger partial charge in [0.2, 0.25) is 0 Å². The molecule has 0 aliphatic heterocycles. The van der Waals surface area contributed by atoms with Crippen LogP contribution in [0.4, 0.5) is 0 Å². The molecule has 0 saturated carbocycles. The molecule has 2 rings (SSSR count). The number of hydrogen-bond donors (Lipinski definition) is 3. The van der Waals surface area contributed by atoms with E-state index in [9.17, 15) is 5.11 Å². The van der Waals surface area contributed by atoms with Crippen molar-refractivity contribution in [3.05, 3.63) is 53.9 Å². The third kappa shape index (κ3) is 9.60. The highest BCUT2D eigenvalue weighted by molar-refractivity contribution is 14.0. The lowest BCUT2D eigenvalue weighted by Crippen LogP contribution is -2.39. The van der Waals surface area contributed by atoms with Gasteiger partial charge in [-0.25, -0.2) is 4.99 Å². The Kier molecular flexibility index (Phi) is 11.9. The number of benzene rings is 1. The minimum Gasteiger partial charge on any atom is -0.383 e. The van der Waals surface area contributed by atoms with Crippen molar-refractivity contribution in [3.8, 4) is 0 Å². The molecule has 0 bridgehead atoms. The summed E-state index contributed by atoms with van der Waals surface area (Å²) in [6.07, 6.45) is 5.30. The number of aromatic nitrogens is 2. The van der Waals surface area contributed by atoms with Crippen LogP contribution in [0.15, 0.2) is 47.7 Å². The number of guanidine groups is 1. The summed E-state index contributed by atoms with van der Waals surface area (Å²) >= 11 is 0. The monoisotopic (exact) mass is 515 g/mol. The Bertz CT molecular complexity index is 719. The maximum absolute atomic E-state index is 10.6. The van der Waals surface area contributed by atoms with E-state index in [1.165, 1.54) is 5.56 Å². The van der Waals surface area contributed by atoms with Crippen molar-refractivity contribution in [1.29, 1.82) is 0 Å². The van der Waals surface area contributed by atoms with Gasteiger partial charge < -0.3 is 20.5 Å². The van der Waals surface area contributed by atoms with Gasteiger partial charge in [0.25, 0.3) is 0 Å². The molecule has 162 valence electrons. The molecule has 0 radical (unpaired) electrons. The zero-order valence-corrected chi connectivity index (χ0v) is 19.9. The normalized spacial score (nSPS) is 13.4. The van der Waals surface area contributed by atoms with Crippen LogP contribution >= 0.6 is 24.0 Å². The average molecular weight is 515 g/mol. The average Bonchev–Trinajstić information content (AvgIpc) is 3.13. The van der Waals surface area contributed by atoms with E-state index in [2.05, 4.69) is 32.9 Å². The number of aliphatic hydroxyl groups is 1.